The lowest BCUT2D eigenvalue weighted by molar-refractivity contribution is -0.138. The molecule has 3 N–H and O–H groups in total. The van der Waals surface area contributed by atoms with Crippen molar-refractivity contribution in [2.45, 2.75) is 6.04 Å². The number of rotatable bonds is 4. The Morgan fingerprint density at radius 1 is 1.14 bits per heavy atom. The predicted octanol–water partition coefficient (Wildman–Crippen LogP) is 3.30. The molecule has 0 fully saturated rings. The number of hydrogen-bond acceptors (Lipinski definition) is 2. The minimum atomic E-state index is -1.56. The molecule has 2 amide bonds. The van der Waals surface area contributed by atoms with Gasteiger partial charge in [0.15, 0.2) is 6.04 Å². The highest BCUT2D eigenvalue weighted by Crippen LogP contribution is 2.30. The zero-order valence-corrected chi connectivity index (χ0v) is 12.8. The molecule has 2 rings (SSSR count). The number of nitrogens with zero attached hydrogens (tertiary/aromatic N) is 1. The van der Waals surface area contributed by atoms with Gasteiger partial charge in [-0.05, 0) is 30.3 Å². The van der Waals surface area contributed by atoms with E-state index in [0.29, 0.717) is 0 Å². The molecule has 7 heteroatoms. The Balaban J connectivity index is 2.56. The molecule has 0 heterocycles. The molecule has 0 aliphatic heterocycles. The molecule has 0 bridgehead atoms. The van der Waals surface area contributed by atoms with Gasteiger partial charge in [-0.25, -0.2) is 14.0 Å². The summed E-state index contributed by atoms with van der Waals surface area (Å²) < 4.78 is 14.7. The molecule has 1 unspecified atom stereocenters. The molecular weight excluding hydrogens is 355 g/mol. The van der Waals surface area contributed by atoms with Gasteiger partial charge in [-0.1, -0.05) is 34.1 Å². The first-order valence-electron chi connectivity index (χ1n) is 6.23. The van der Waals surface area contributed by atoms with Gasteiger partial charge in [0.2, 0.25) is 0 Å². The van der Waals surface area contributed by atoms with E-state index in [-0.39, 0.29) is 11.3 Å². The molecular formula is C15H12BrFN2O3. The summed E-state index contributed by atoms with van der Waals surface area (Å²) in [5.41, 5.74) is 5.44. The monoisotopic (exact) mass is 366 g/mol. The number of hydrogen-bond donors (Lipinski definition) is 2. The molecule has 22 heavy (non-hydrogen) atoms. The molecule has 1 atom stereocenters. The normalized spacial score (nSPS) is 11.7. The van der Waals surface area contributed by atoms with Crippen molar-refractivity contribution in [3.05, 3.63) is 64.4 Å². The molecule has 0 radical (unpaired) electrons. The van der Waals surface area contributed by atoms with E-state index < -0.39 is 23.9 Å². The number of aliphatic carboxylic acids is 1. The minimum Gasteiger partial charge on any atom is -0.479 e. The molecule has 0 saturated heterocycles. The summed E-state index contributed by atoms with van der Waals surface area (Å²) in [6.07, 6.45) is 0. The van der Waals surface area contributed by atoms with Gasteiger partial charge in [0.25, 0.3) is 0 Å². The molecule has 2 aromatic carbocycles. The molecule has 0 aromatic heterocycles. The molecule has 0 aliphatic rings. The fourth-order valence-corrected chi connectivity index (χ4v) is 2.35. The van der Waals surface area contributed by atoms with Crippen LogP contribution in [0.5, 0.6) is 0 Å². The number of nitrogens with two attached hydrogens (primary N) is 1. The minimum absolute atomic E-state index is 0.142. The first kappa shape index (κ1) is 16.0. The Labute approximate surface area is 134 Å². The maximum absolute atomic E-state index is 14.0. The maximum Gasteiger partial charge on any atom is 0.331 e. The lowest BCUT2D eigenvalue weighted by Crippen LogP contribution is -2.42. The van der Waals surface area contributed by atoms with Crippen molar-refractivity contribution in [3.8, 4) is 0 Å². The number of anilines is 1. The fourth-order valence-electron chi connectivity index (χ4n) is 2.08. The summed E-state index contributed by atoms with van der Waals surface area (Å²) in [5, 5.41) is 9.46. The lowest BCUT2D eigenvalue weighted by Gasteiger charge is -2.28. The van der Waals surface area contributed by atoms with Gasteiger partial charge in [0.05, 0.1) is 0 Å². The summed E-state index contributed by atoms with van der Waals surface area (Å²) in [6.45, 7) is 0. The highest BCUT2D eigenvalue weighted by atomic mass is 79.9. The number of carbonyl (C=O) groups is 2. The van der Waals surface area contributed by atoms with E-state index in [2.05, 4.69) is 15.9 Å². The Kier molecular flexibility index (Phi) is 4.77. The fraction of sp³-hybridized carbons (Fsp3) is 0.0667. The summed E-state index contributed by atoms with van der Waals surface area (Å²) in [4.78, 5) is 24.2. The standard InChI is InChI=1S/C15H12BrFN2O3/c16-9-5-7-10(8-6-9)19(15(18)22)13(14(20)21)11-3-1-2-4-12(11)17/h1-8,13H,(H2,18,22)(H,20,21). The topological polar surface area (TPSA) is 83.6 Å². The number of carboxylic acid groups (broad SMARTS) is 1. The van der Waals surface area contributed by atoms with E-state index in [1.165, 1.54) is 30.3 Å². The van der Waals surface area contributed by atoms with Gasteiger partial charge in [-0.15, -0.1) is 0 Å². The van der Waals surface area contributed by atoms with Crippen LogP contribution in [0.15, 0.2) is 53.0 Å². The van der Waals surface area contributed by atoms with Crippen LogP contribution in [0.4, 0.5) is 14.9 Å². The molecule has 2 aromatic rings. The van der Waals surface area contributed by atoms with Gasteiger partial charge in [0.1, 0.15) is 5.82 Å². The quantitative estimate of drug-likeness (QED) is 0.870. The van der Waals surface area contributed by atoms with Crippen molar-refractivity contribution in [1.82, 2.24) is 0 Å². The van der Waals surface area contributed by atoms with Crippen molar-refractivity contribution in [3.63, 3.8) is 0 Å². The van der Waals surface area contributed by atoms with Crippen LogP contribution in [-0.4, -0.2) is 17.1 Å². The third-order valence-electron chi connectivity index (χ3n) is 3.03. The van der Waals surface area contributed by atoms with Crippen molar-refractivity contribution >= 4 is 33.6 Å². The van der Waals surface area contributed by atoms with E-state index in [4.69, 9.17) is 5.73 Å². The third-order valence-corrected chi connectivity index (χ3v) is 3.56. The second-order valence-corrected chi connectivity index (χ2v) is 5.36. The van der Waals surface area contributed by atoms with Crippen LogP contribution in [0, 0.1) is 5.82 Å². The van der Waals surface area contributed by atoms with Crippen LogP contribution in [0.25, 0.3) is 0 Å². The Morgan fingerprint density at radius 3 is 2.23 bits per heavy atom. The van der Waals surface area contributed by atoms with E-state index in [1.807, 2.05) is 0 Å². The third kappa shape index (κ3) is 3.25. The molecule has 5 nitrogen and oxygen atoms in total. The zero-order chi connectivity index (χ0) is 16.3. The number of primary amides is 1. The van der Waals surface area contributed by atoms with Gasteiger partial charge in [0, 0.05) is 15.7 Å². The number of urea groups is 1. The average Bonchev–Trinajstić information content (AvgIpc) is 2.46. The summed E-state index contributed by atoms with van der Waals surface area (Å²) >= 11 is 3.24. The first-order chi connectivity index (χ1) is 10.4. The predicted molar refractivity (Wildman–Crippen MR) is 83.0 cm³/mol. The van der Waals surface area contributed by atoms with Crippen molar-refractivity contribution in [2.75, 3.05) is 4.90 Å². The Morgan fingerprint density at radius 2 is 1.73 bits per heavy atom. The second kappa shape index (κ2) is 6.57. The number of carboxylic acids is 1. The largest absolute Gasteiger partial charge is 0.479 e. The number of halogens is 2. The smallest absolute Gasteiger partial charge is 0.331 e. The second-order valence-electron chi connectivity index (χ2n) is 4.45. The number of carbonyl (C=O) groups excluding carboxylic acids is 1. The summed E-state index contributed by atoms with van der Waals surface area (Å²) in [5.74, 6) is -2.11. The SMILES string of the molecule is NC(=O)N(c1ccc(Br)cc1)C(C(=O)O)c1ccccc1F. The number of benzene rings is 2. The maximum atomic E-state index is 14.0. The van der Waals surface area contributed by atoms with Crippen molar-refractivity contribution in [1.29, 1.82) is 0 Å². The van der Waals surface area contributed by atoms with Crippen molar-refractivity contribution < 1.29 is 19.1 Å². The first-order valence-corrected chi connectivity index (χ1v) is 7.02. The van der Waals surface area contributed by atoms with Crippen LogP contribution in [0.3, 0.4) is 0 Å². The van der Waals surface area contributed by atoms with Crippen LogP contribution in [-0.2, 0) is 4.79 Å². The van der Waals surface area contributed by atoms with Gasteiger partial charge in [-0.2, -0.15) is 0 Å². The molecule has 0 saturated carbocycles. The van der Waals surface area contributed by atoms with E-state index in [1.54, 1.807) is 12.1 Å². The van der Waals surface area contributed by atoms with Gasteiger partial charge < -0.3 is 10.8 Å². The van der Waals surface area contributed by atoms with E-state index >= 15 is 0 Å². The Hall–Kier alpha value is -2.41. The molecule has 0 aliphatic carbocycles. The zero-order valence-electron chi connectivity index (χ0n) is 11.2. The molecule has 114 valence electrons. The lowest BCUT2D eigenvalue weighted by atomic mass is 10.0. The van der Waals surface area contributed by atoms with Crippen molar-refractivity contribution in [2.24, 2.45) is 5.73 Å². The van der Waals surface area contributed by atoms with Crippen LogP contribution in [0.2, 0.25) is 0 Å². The number of amides is 2. The van der Waals surface area contributed by atoms with Crippen LogP contribution in [0.1, 0.15) is 11.6 Å². The van der Waals surface area contributed by atoms with E-state index in [9.17, 15) is 19.1 Å². The van der Waals surface area contributed by atoms with Crippen LogP contribution >= 0.6 is 15.9 Å². The highest BCUT2D eigenvalue weighted by Gasteiger charge is 2.33. The van der Waals surface area contributed by atoms with Crippen LogP contribution < -0.4 is 10.6 Å². The Bertz CT molecular complexity index is 706. The van der Waals surface area contributed by atoms with Gasteiger partial charge >= 0.3 is 12.0 Å². The summed E-state index contributed by atoms with van der Waals surface area (Å²) in [7, 11) is 0. The van der Waals surface area contributed by atoms with Gasteiger partial charge in [-0.3, -0.25) is 4.90 Å². The summed E-state index contributed by atoms with van der Waals surface area (Å²) in [6, 6.07) is 9.13. The van der Waals surface area contributed by atoms with E-state index in [0.717, 1.165) is 15.4 Å². The molecule has 0 spiro atoms. The highest BCUT2D eigenvalue weighted by molar-refractivity contribution is 9.10. The average molecular weight is 367 g/mol.